The second-order valence-electron chi connectivity index (χ2n) is 4.98. The van der Waals surface area contributed by atoms with Crippen molar-refractivity contribution < 1.29 is 4.74 Å². The zero-order valence-corrected chi connectivity index (χ0v) is 10.1. The quantitative estimate of drug-likeness (QED) is 0.776. The van der Waals surface area contributed by atoms with E-state index in [-0.39, 0.29) is 12.1 Å². The Morgan fingerprint density at radius 1 is 1.59 bits per heavy atom. The van der Waals surface area contributed by atoms with Crippen LogP contribution in [0.4, 0.5) is 0 Å². The molecule has 0 aromatic carbocycles. The molecule has 6 heteroatoms. The van der Waals surface area contributed by atoms with Crippen LogP contribution in [0, 0.1) is 0 Å². The van der Waals surface area contributed by atoms with Crippen LogP contribution in [0.1, 0.15) is 43.6 Å². The lowest BCUT2D eigenvalue weighted by Gasteiger charge is -2.34. The van der Waals surface area contributed by atoms with Crippen LogP contribution in [-0.4, -0.2) is 45.8 Å². The van der Waals surface area contributed by atoms with Crippen LogP contribution in [0.5, 0.6) is 0 Å². The van der Waals surface area contributed by atoms with Gasteiger partial charge in [0.05, 0.1) is 12.6 Å². The molecular weight excluding hydrogens is 218 g/mol. The number of H-pyrrole nitrogens is 1. The molecule has 2 fully saturated rings. The third-order valence-corrected chi connectivity index (χ3v) is 3.62. The highest BCUT2D eigenvalue weighted by atomic mass is 16.5. The summed E-state index contributed by atoms with van der Waals surface area (Å²) >= 11 is 0. The van der Waals surface area contributed by atoms with Gasteiger partial charge in [-0.05, 0) is 26.3 Å². The fourth-order valence-corrected chi connectivity index (χ4v) is 2.62. The topological polar surface area (TPSA) is 80.1 Å². The molecule has 2 aliphatic rings. The van der Waals surface area contributed by atoms with Gasteiger partial charge in [-0.1, -0.05) is 0 Å². The van der Waals surface area contributed by atoms with Crippen molar-refractivity contribution in [3.63, 3.8) is 0 Å². The SMILES string of the molecule is CC(N)c1n[nH]c(C2CN3CCCC3CO2)n1. The van der Waals surface area contributed by atoms with Gasteiger partial charge < -0.3 is 10.5 Å². The molecule has 3 heterocycles. The van der Waals surface area contributed by atoms with Crippen LogP contribution in [0.3, 0.4) is 0 Å². The maximum Gasteiger partial charge on any atom is 0.167 e. The number of nitrogens with zero attached hydrogens (tertiary/aromatic N) is 3. The van der Waals surface area contributed by atoms with Crippen molar-refractivity contribution >= 4 is 0 Å². The number of fused-ring (bicyclic) bond motifs is 1. The predicted octanol–water partition coefficient (Wildman–Crippen LogP) is 0.360. The van der Waals surface area contributed by atoms with E-state index in [4.69, 9.17) is 10.5 Å². The van der Waals surface area contributed by atoms with Crippen molar-refractivity contribution in [2.75, 3.05) is 19.7 Å². The first-order valence-electron chi connectivity index (χ1n) is 6.27. The number of hydrogen-bond acceptors (Lipinski definition) is 5. The van der Waals surface area contributed by atoms with E-state index in [9.17, 15) is 0 Å². The Balaban J connectivity index is 1.71. The molecule has 0 bridgehead atoms. The molecule has 17 heavy (non-hydrogen) atoms. The molecule has 1 aromatic heterocycles. The Kier molecular flexibility index (Phi) is 2.85. The van der Waals surface area contributed by atoms with Crippen molar-refractivity contribution in [3.05, 3.63) is 11.6 Å². The number of ether oxygens (including phenoxy) is 1. The lowest BCUT2D eigenvalue weighted by molar-refractivity contribution is -0.0540. The summed E-state index contributed by atoms with van der Waals surface area (Å²) in [5.41, 5.74) is 5.75. The second kappa shape index (κ2) is 4.36. The highest BCUT2D eigenvalue weighted by Gasteiger charge is 2.34. The van der Waals surface area contributed by atoms with E-state index in [1.807, 2.05) is 6.92 Å². The largest absolute Gasteiger partial charge is 0.367 e. The molecule has 0 spiro atoms. The maximum absolute atomic E-state index is 5.85. The average molecular weight is 237 g/mol. The molecule has 1 aromatic rings. The van der Waals surface area contributed by atoms with Gasteiger partial charge in [0.15, 0.2) is 11.6 Å². The second-order valence-corrected chi connectivity index (χ2v) is 4.98. The molecule has 3 N–H and O–H groups in total. The minimum atomic E-state index is -0.136. The van der Waals surface area contributed by atoms with Crippen molar-refractivity contribution in [2.45, 2.75) is 38.0 Å². The molecule has 94 valence electrons. The van der Waals surface area contributed by atoms with Gasteiger partial charge in [-0.25, -0.2) is 4.98 Å². The van der Waals surface area contributed by atoms with Gasteiger partial charge in [0.25, 0.3) is 0 Å². The van der Waals surface area contributed by atoms with Gasteiger partial charge in [-0.15, -0.1) is 0 Å². The van der Waals surface area contributed by atoms with Crippen molar-refractivity contribution in [3.8, 4) is 0 Å². The van der Waals surface area contributed by atoms with Gasteiger partial charge in [0, 0.05) is 12.6 Å². The minimum Gasteiger partial charge on any atom is -0.367 e. The summed E-state index contributed by atoms with van der Waals surface area (Å²) < 4.78 is 5.85. The van der Waals surface area contributed by atoms with E-state index in [1.165, 1.54) is 19.4 Å². The van der Waals surface area contributed by atoms with E-state index in [0.29, 0.717) is 11.9 Å². The summed E-state index contributed by atoms with van der Waals surface area (Å²) in [6.07, 6.45) is 2.56. The van der Waals surface area contributed by atoms with Crippen molar-refractivity contribution in [1.29, 1.82) is 0 Å². The Bertz CT molecular complexity index is 391. The highest BCUT2D eigenvalue weighted by Crippen LogP contribution is 2.28. The van der Waals surface area contributed by atoms with Crippen LogP contribution in [0.2, 0.25) is 0 Å². The first-order valence-corrected chi connectivity index (χ1v) is 6.27. The van der Waals surface area contributed by atoms with Crippen LogP contribution < -0.4 is 5.73 Å². The van der Waals surface area contributed by atoms with Crippen LogP contribution in [-0.2, 0) is 4.74 Å². The van der Waals surface area contributed by atoms with Gasteiger partial charge >= 0.3 is 0 Å². The summed E-state index contributed by atoms with van der Waals surface area (Å²) in [5, 5.41) is 7.06. The van der Waals surface area contributed by atoms with Gasteiger partial charge in [0.1, 0.15) is 6.10 Å². The Hall–Kier alpha value is -0.980. The van der Waals surface area contributed by atoms with Crippen molar-refractivity contribution in [1.82, 2.24) is 20.1 Å². The molecule has 3 atom stereocenters. The average Bonchev–Trinajstić information content (AvgIpc) is 2.97. The highest BCUT2D eigenvalue weighted by molar-refractivity contribution is 5.00. The molecule has 0 saturated carbocycles. The standard InChI is InChI=1S/C11H19N5O/c1-7(12)10-13-11(15-14-10)9-5-16-4-2-3-8(16)6-17-9/h7-9H,2-6,12H2,1H3,(H,13,14,15). The first-order chi connectivity index (χ1) is 8.24. The van der Waals surface area contributed by atoms with Gasteiger partial charge in [-0.2, -0.15) is 5.10 Å². The van der Waals surface area contributed by atoms with Crippen LogP contribution in [0.25, 0.3) is 0 Å². The van der Waals surface area contributed by atoms with E-state index < -0.39 is 0 Å². The normalized spacial score (nSPS) is 31.4. The third kappa shape index (κ3) is 2.08. The molecule has 0 aliphatic carbocycles. The van der Waals surface area contributed by atoms with E-state index in [1.54, 1.807) is 0 Å². The molecule has 3 unspecified atom stereocenters. The van der Waals surface area contributed by atoms with Gasteiger partial charge in [0.2, 0.25) is 0 Å². The van der Waals surface area contributed by atoms with E-state index in [2.05, 4.69) is 20.1 Å². The molecule has 2 aliphatic heterocycles. The summed E-state index contributed by atoms with van der Waals surface area (Å²) in [7, 11) is 0. The number of morpholine rings is 1. The molecule has 2 saturated heterocycles. The Morgan fingerprint density at radius 3 is 3.24 bits per heavy atom. The lowest BCUT2D eigenvalue weighted by atomic mass is 10.2. The zero-order chi connectivity index (χ0) is 11.8. The smallest absolute Gasteiger partial charge is 0.167 e. The number of hydrogen-bond donors (Lipinski definition) is 2. The predicted molar refractivity (Wildman–Crippen MR) is 62.3 cm³/mol. The summed E-state index contributed by atoms with van der Waals surface area (Å²) in [5.74, 6) is 1.47. The number of nitrogens with two attached hydrogens (primary N) is 1. The molecule has 6 nitrogen and oxygen atoms in total. The summed E-state index contributed by atoms with van der Waals surface area (Å²) in [6.45, 7) is 4.78. The number of nitrogens with one attached hydrogen (secondary N) is 1. The first kappa shape index (κ1) is 11.1. The summed E-state index contributed by atoms with van der Waals surface area (Å²) in [6, 6.07) is 0.477. The fraction of sp³-hybridized carbons (Fsp3) is 0.818. The number of rotatable bonds is 2. The molecular formula is C11H19N5O. The molecule has 0 amide bonds. The number of aromatic amines is 1. The van der Waals surface area contributed by atoms with Crippen molar-refractivity contribution in [2.24, 2.45) is 5.73 Å². The molecule has 3 rings (SSSR count). The van der Waals surface area contributed by atoms with Crippen LogP contribution in [0.15, 0.2) is 0 Å². The Labute approximate surface area is 101 Å². The minimum absolute atomic E-state index is 0.0179. The third-order valence-electron chi connectivity index (χ3n) is 3.62. The van der Waals surface area contributed by atoms with Gasteiger partial charge in [-0.3, -0.25) is 10.00 Å². The van der Waals surface area contributed by atoms with E-state index >= 15 is 0 Å². The molecule has 0 radical (unpaired) electrons. The van der Waals surface area contributed by atoms with Crippen LogP contribution >= 0.6 is 0 Å². The zero-order valence-electron chi connectivity index (χ0n) is 10.1. The monoisotopic (exact) mass is 237 g/mol. The summed E-state index contributed by atoms with van der Waals surface area (Å²) in [4.78, 5) is 6.89. The Morgan fingerprint density at radius 2 is 2.47 bits per heavy atom. The number of aromatic nitrogens is 3. The van der Waals surface area contributed by atoms with E-state index in [0.717, 1.165) is 19.0 Å². The maximum atomic E-state index is 5.85. The lowest BCUT2D eigenvalue weighted by Crippen LogP contribution is -2.42. The fourth-order valence-electron chi connectivity index (χ4n) is 2.62.